The Labute approximate surface area is 119 Å². The zero-order chi connectivity index (χ0) is 13.9. The number of nitrogens with zero attached hydrogens (tertiary/aromatic N) is 1. The molecule has 0 amide bonds. The van der Waals surface area contributed by atoms with E-state index in [0.717, 1.165) is 30.9 Å². The normalized spacial score (nSPS) is 29.2. The highest BCUT2D eigenvalue weighted by Gasteiger charge is 2.43. The minimum absolute atomic E-state index is 0.311. The van der Waals surface area contributed by atoms with Crippen LogP contribution >= 0.6 is 0 Å². The Morgan fingerprint density at radius 2 is 2.20 bits per heavy atom. The fourth-order valence-electron chi connectivity index (χ4n) is 2.94. The van der Waals surface area contributed by atoms with Gasteiger partial charge in [-0.25, -0.2) is 4.99 Å². The second kappa shape index (κ2) is 5.71. The molecular formula is C15H21N3O2. The molecule has 1 aromatic carbocycles. The van der Waals surface area contributed by atoms with Crippen LogP contribution in [0.5, 0.6) is 5.75 Å². The van der Waals surface area contributed by atoms with Crippen LogP contribution in [0.4, 0.5) is 5.69 Å². The number of nitrogens with two attached hydrogens (primary N) is 1. The molecule has 3 unspecified atom stereocenters. The smallest absolute Gasteiger partial charge is 0.193 e. The fraction of sp³-hybridized carbons (Fsp3) is 0.533. The van der Waals surface area contributed by atoms with Gasteiger partial charge in [-0.3, -0.25) is 0 Å². The summed E-state index contributed by atoms with van der Waals surface area (Å²) in [5.74, 6) is 1.86. The number of fused-ring (bicyclic) bond motifs is 1. The highest BCUT2D eigenvalue weighted by Crippen LogP contribution is 2.39. The van der Waals surface area contributed by atoms with Gasteiger partial charge in [0.2, 0.25) is 0 Å². The van der Waals surface area contributed by atoms with Crippen LogP contribution in [0.15, 0.2) is 29.3 Å². The van der Waals surface area contributed by atoms with E-state index >= 15 is 0 Å². The quantitative estimate of drug-likeness (QED) is 0.654. The number of guanidine groups is 1. The van der Waals surface area contributed by atoms with Crippen molar-refractivity contribution in [3.63, 3.8) is 0 Å². The first-order chi connectivity index (χ1) is 9.76. The highest BCUT2D eigenvalue weighted by molar-refractivity contribution is 5.92. The van der Waals surface area contributed by atoms with Crippen molar-refractivity contribution in [3.8, 4) is 5.75 Å². The minimum Gasteiger partial charge on any atom is -0.497 e. The van der Waals surface area contributed by atoms with E-state index in [1.54, 1.807) is 7.11 Å². The Kier molecular flexibility index (Phi) is 3.78. The van der Waals surface area contributed by atoms with E-state index in [9.17, 15) is 0 Å². The van der Waals surface area contributed by atoms with Gasteiger partial charge in [-0.1, -0.05) is 0 Å². The summed E-state index contributed by atoms with van der Waals surface area (Å²) in [4.78, 5) is 4.58. The van der Waals surface area contributed by atoms with Crippen LogP contribution in [0.2, 0.25) is 0 Å². The third kappa shape index (κ3) is 2.72. The number of ether oxygens (including phenoxy) is 2. The average Bonchev–Trinajstić information content (AvgIpc) is 2.46. The number of hydrogen-bond acceptors (Lipinski definition) is 3. The predicted octanol–water partition coefficient (Wildman–Crippen LogP) is 1.99. The van der Waals surface area contributed by atoms with Gasteiger partial charge >= 0.3 is 0 Å². The molecular weight excluding hydrogens is 254 g/mol. The van der Waals surface area contributed by atoms with Crippen LogP contribution in [-0.4, -0.2) is 31.8 Å². The number of hydrogen-bond donors (Lipinski definition) is 2. The first-order valence-corrected chi connectivity index (χ1v) is 7.12. The third-order valence-electron chi connectivity index (χ3n) is 4.13. The number of aliphatic imine (C=N–C) groups is 1. The summed E-state index contributed by atoms with van der Waals surface area (Å²) in [7, 11) is 1.65. The van der Waals surface area contributed by atoms with Crippen molar-refractivity contribution in [2.45, 2.75) is 31.4 Å². The minimum atomic E-state index is 0.311. The summed E-state index contributed by atoms with van der Waals surface area (Å²) in [6.07, 6.45) is 3.75. The Bertz CT molecular complexity index is 486. The summed E-state index contributed by atoms with van der Waals surface area (Å²) in [5.41, 5.74) is 6.89. The average molecular weight is 275 g/mol. The molecule has 1 aliphatic carbocycles. The number of benzene rings is 1. The summed E-state index contributed by atoms with van der Waals surface area (Å²) in [6, 6.07) is 7.95. The Morgan fingerprint density at radius 1 is 1.40 bits per heavy atom. The Morgan fingerprint density at radius 3 is 2.90 bits per heavy atom. The monoisotopic (exact) mass is 275 g/mol. The van der Waals surface area contributed by atoms with Gasteiger partial charge in [0.25, 0.3) is 0 Å². The molecule has 5 nitrogen and oxygen atoms in total. The maximum absolute atomic E-state index is 5.98. The molecule has 108 valence electrons. The molecule has 2 aliphatic rings. The zero-order valence-corrected chi connectivity index (χ0v) is 11.7. The van der Waals surface area contributed by atoms with Gasteiger partial charge in [-0.15, -0.1) is 0 Å². The predicted molar refractivity (Wildman–Crippen MR) is 79.1 cm³/mol. The number of methoxy groups -OCH3 is 1. The molecule has 1 saturated carbocycles. The number of rotatable bonds is 3. The van der Waals surface area contributed by atoms with Crippen LogP contribution in [0.25, 0.3) is 0 Å². The molecule has 3 rings (SSSR count). The van der Waals surface area contributed by atoms with Gasteiger partial charge in [0.1, 0.15) is 5.75 Å². The molecule has 0 aromatic heterocycles. The lowest BCUT2D eigenvalue weighted by Crippen LogP contribution is -2.49. The first kappa shape index (κ1) is 13.2. The number of nitrogens with one attached hydrogen (secondary N) is 1. The lowest BCUT2D eigenvalue weighted by molar-refractivity contribution is -0.0937. The van der Waals surface area contributed by atoms with Crippen molar-refractivity contribution in [2.75, 3.05) is 19.0 Å². The molecule has 2 fully saturated rings. The van der Waals surface area contributed by atoms with Gasteiger partial charge in [-0.2, -0.15) is 0 Å². The summed E-state index contributed by atoms with van der Waals surface area (Å²) < 4.78 is 10.8. The summed E-state index contributed by atoms with van der Waals surface area (Å²) >= 11 is 0. The molecule has 1 heterocycles. The molecule has 3 N–H and O–H groups in total. The van der Waals surface area contributed by atoms with Crippen molar-refractivity contribution < 1.29 is 9.47 Å². The van der Waals surface area contributed by atoms with Crippen molar-refractivity contribution in [1.82, 2.24) is 0 Å². The highest BCUT2D eigenvalue weighted by atomic mass is 16.5. The van der Waals surface area contributed by atoms with Gasteiger partial charge in [-0.05, 0) is 43.5 Å². The lowest BCUT2D eigenvalue weighted by atomic mass is 9.73. The van der Waals surface area contributed by atoms with Crippen LogP contribution in [0.3, 0.4) is 0 Å². The molecule has 1 aliphatic heterocycles. The van der Waals surface area contributed by atoms with Crippen molar-refractivity contribution in [3.05, 3.63) is 24.3 Å². The molecule has 0 radical (unpaired) electrons. The standard InChI is InChI=1S/C15H21N3O2/c1-19-11-6-4-10(5-7-11)17-15(16)18-13-9-14-12(13)3-2-8-20-14/h4-7,12-14H,2-3,8-9H2,1H3,(H3,16,17,18). The topological polar surface area (TPSA) is 68.9 Å². The molecule has 1 aromatic rings. The van der Waals surface area contributed by atoms with E-state index in [0.29, 0.717) is 24.0 Å². The Hall–Kier alpha value is -1.75. The van der Waals surface area contributed by atoms with Gasteiger partial charge in [0.15, 0.2) is 5.96 Å². The molecule has 0 bridgehead atoms. The van der Waals surface area contributed by atoms with E-state index in [4.69, 9.17) is 15.2 Å². The fourth-order valence-corrected chi connectivity index (χ4v) is 2.94. The molecule has 1 saturated heterocycles. The van der Waals surface area contributed by atoms with Crippen LogP contribution in [-0.2, 0) is 4.74 Å². The second-order valence-electron chi connectivity index (χ2n) is 5.39. The lowest BCUT2D eigenvalue weighted by Gasteiger charge is -2.45. The van der Waals surface area contributed by atoms with E-state index in [-0.39, 0.29) is 0 Å². The maximum Gasteiger partial charge on any atom is 0.193 e. The summed E-state index contributed by atoms with van der Waals surface area (Å²) in [5, 5.41) is 3.12. The molecule has 3 atom stereocenters. The Balaban J connectivity index is 1.58. The van der Waals surface area contributed by atoms with Crippen molar-refractivity contribution in [1.29, 1.82) is 0 Å². The van der Waals surface area contributed by atoms with E-state index in [2.05, 4.69) is 10.3 Å². The molecule has 5 heteroatoms. The van der Waals surface area contributed by atoms with Crippen molar-refractivity contribution >= 4 is 11.6 Å². The molecule has 0 spiro atoms. The van der Waals surface area contributed by atoms with E-state index < -0.39 is 0 Å². The number of anilines is 1. The van der Waals surface area contributed by atoms with E-state index in [1.165, 1.54) is 6.42 Å². The van der Waals surface area contributed by atoms with Crippen LogP contribution in [0, 0.1) is 5.92 Å². The second-order valence-corrected chi connectivity index (χ2v) is 5.39. The zero-order valence-electron chi connectivity index (χ0n) is 11.7. The van der Waals surface area contributed by atoms with Crippen LogP contribution < -0.4 is 15.8 Å². The molecule has 20 heavy (non-hydrogen) atoms. The summed E-state index contributed by atoms with van der Waals surface area (Å²) in [6.45, 7) is 0.900. The van der Waals surface area contributed by atoms with Crippen molar-refractivity contribution in [2.24, 2.45) is 16.6 Å². The van der Waals surface area contributed by atoms with Gasteiger partial charge < -0.3 is 20.5 Å². The largest absolute Gasteiger partial charge is 0.497 e. The first-order valence-electron chi connectivity index (χ1n) is 7.12. The van der Waals surface area contributed by atoms with Gasteiger partial charge in [0.05, 0.1) is 19.3 Å². The SMILES string of the molecule is COc1ccc(NC(N)=NC2CC3OCCCC23)cc1. The van der Waals surface area contributed by atoms with Crippen LogP contribution in [0.1, 0.15) is 19.3 Å². The maximum atomic E-state index is 5.98. The third-order valence-corrected chi connectivity index (χ3v) is 4.13. The van der Waals surface area contributed by atoms with Gasteiger partial charge in [0, 0.05) is 18.2 Å². The van der Waals surface area contributed by atoms with E-state index in [1.807, 2.05) is 24.3 Å².